The first-order valence-corrected chi connectivity index (χ1v) is 7.24. The van der Waals surface area contributed by atoms with Crippen LogP contribution in [0.4, 0.5) is 0 Å². The van der Waals surface area contributed by atoms with Crippen molar-refractivity contribution < 1.29 is 4.74 Å². The minimum Gasteiger partial charge on any atom is -0.380 e. The van der Waals surface area contributed by atoms with Crippen molar-refractivity contribution in [2.24, 2.45) is 5.92 Å². The third kappa shape index (κ3) is 4.60. The van der Waals surface area contributed by atoms with Crippen LogP contribution in [0, 0.1) is 5.92 Å². The van der Waals surface area contributed by atoms with Gasteiger partial charge in [-0.05, 0) is 50.0 Å². The predicted octanol–water partition coefficient (Wildman–Crippen LogP) is 2.26. The molecule has 0 amide bonds. The van der Waals surface area contributed by atoms with Gasteiger partial charge in [0, 0.05) is 20.2 Å². The molecule has 1 N–H and O–H groups in total. The third-order valence-corrected chi connectivity index (χ3v) is 3.89. The molecule has 1 saturated heterocycles. The summed E-state index contributed by atoms with van der Waals surface area (Å²) >= 11 is 0. The number of piperidine rings is 1. The molecule has 0 bridgehead atoms. The van der Waals surface area contributed by atoms with Crippen LogP contribution in [-0.4, -0.2) is 38.7 Å². The van der Waals surface area contributed by atoms with Gasteiger partial charge in [0.15, 0.2) is 0 Å². The molecule has 1 heterocycles. The van der Waals surface area contributed by atoms with Crippen LogP contribution < -0.4 is 5.32 Å². The summed E-state index contributed by atoms with van der Waals surface area (Å²) < 4.78 is 5.24. The number of hydrogen-bond donors (Lipinski definition) is 1. The summed E-state index contributed by atoms with van der Waals surface area (Å²) in [4.78, 5) is 2.44. The fourth-order valence-corrected chi connectivity index (χ4v) is 2.88. The van der Waals surface area contributed by atoms with Gasteiger partial charge < -0.3 is 15.0 Å². The lowest BCUT2D eigenvalue weighted by atomic mass is 9.98. The second-order valence-corrected chi connectivity index (χ2v) is 5.60. The van der Waals surface area contributed by atoms with E-state index in [1.807, 2.05) is 0 Å². The predicted molar refractivity (Wildman–Crippen MR) is 79.1 cm³/mol. The van der Waals surface area contributed by atoms with Crippen LogP contribution in [-0.2, 0) is 17.9 Å². The zero-order chi connectivity index (χ0) is 13.5. The highest BCUT2D eigenvalue weighted by Gasteiger charge is 2.16. The Morgan fingerprint density at radius 2 is 2.11 bits per heavy atom. The number of methoxy groups -OCH3 is 1. The van der Waals surface area contributed by atoms with Crippen molar-refractivity contribution >= 4 is 0 Å². The van der Waals surface area contributed by atoms with Gasteiger partial charge in [0.1, 0.15) is 0 Å². The second-order valence-electron chi connectivity index (χ2n) is 5.60. The van der Waals surface area contributed by atoms with Gasteiger partial charge in [-0.15, -0.1) is 0 Å². The van der Waals surface area contributed by atoms with Crippen LogP contribution in [0.1, 0.15) is 24.0 Å². The van der Waals surface area contributed by atoms with E-state index in [0.717, 1.165) is 19.0 Å². The average Bonchev–Trinajstić information content (AvgIpc) is 2.41. The van der Waals surface area contributed by atoms with Crippen molar-refractivity contribution in [2.75, 3.05) is 33.8 Å². The van der Waals surface area contributed by atoms with Gasteiger partial charge in [0.25, 0.3) is 0 Å². The maximum Gasteiger partial charge on any atom is 0.0716 e. The molecule has 1 aliphatic heterocycles. The van der Waals surface area contributed by atoms with Crippen LogP contribution in [0.15, 0.2) is 24.3 Å². The van der Waals surface area contributed by atoms with Crippen LogP contribution in [0.5, 0.6) is 0 Å². The molecule has 0 aliphatic carbocycles. The fraction of sp³-hybridized carbons (Fsp3) is 0.625. The van der Waals surface area contributed by atoms with E-state index in [9.17, 15) is 0 Å². The molecule has 1 aliphatic rings. The van der Waals surface area contributed by atoms with E-state index in [0.29, 0.717) is 6.61 Å². The number of nitrogens with zero attached hydrogens (tertiary/aromatic N) is 1. The zero-order valence-corrected chi connectivity index (χ0v) is 12.2. The Kier molecular flexibility index (Phi) is 5.83. The van der Waals surface area contributed by atoms with E-state index >= 15 is 0 Å². The van der Waals surface area contributed by atoms with Crippen molar-refractivity contribution in [1.29, 1.82) is 0 Å². The number of hydrogen-bond acceptors (Lipinski definition) is 3. The topological polar surface area (TPSA) is 24.5 Å². The highest BCUT2D eigenvalue weighted by molar-refractivity contribution is 5.26. The molecule has 19 heavy (non-hydrogen) atoms. The standard InChI is InChI=1S/C16H26N2O/c1-18-9-5-6-14(12-18)10-17-11-15-7-3-4-8-16(15)13-19-2/h3-4,7-8,14,17H,5-6,9-13H2,1-2H3. The molecule has 1 fully saturated rings. The lowest BCUT2D eigenvalue weighted by Crippen LogP contribution is -2.37. The summed E-state index contributed by atoms with van der Waals surface area (Å²) in [6, 6.07) is 8.52. The zero-order valence-electron chi connectivity index (χ0n) is 12.2. The van der Waals surface area contributed by atoms with Crippen molar-refractivity contribution in [3.8, 4) is 0 Å². The Morgan fingerprint density at radius 1 is 1.32 bits per heavy atom. The summed E-state index contributed by atoms with van der Waals surface area (Å²) in [5.41, 5.74) is 2.65. The van der Waals surface area contributed by atoms with Gasteiger partial charge >= 0.3 is 0 Å². The molecule has 106 valence electrons. The first-order chi connectivity index (χ1) is 9.29. The quantitative estimate of drug-likeness (QED) is 0.851. The van der Waals surface area contributed by atoms with E-state index in [1.165, 1.54) is 37.1 Å². The summed E-state index contributed by atoms with van der Waals surface area (Å²) in [5.74, 6) is 0.799. The minimum absolute atomic E-state index is 0.698. The van der Waals surface area contributed by atoms with Gasteiger partial charge in [0.2, 0.25) is 0 Å². The Balaban J connectivity index is 1.78. The Labute approximate surface area is 116 Å². The summed E-state index contributed by atoms with van der Waals surface area (Å²) in [7, 11) is 3.97. The highest BCUT2D eigenvalue weighted by Crippen LogP contribution is 2.15. The van der Waals surface area contributed by atoms with Gasteiger partial charge in [-0.3, -0.25) is 0 Å². The molecule has 3 nitrogen and oxygen atoms in total. The normalized spacial score (nSPS) is 20.6. The Hall–Kier alpha value is -0.900. The average molecular weight is 262 g/mol. The molecular formula is C16H26N2O. The van der Waals surface area contributed by atoms with Crippen LogP contribution in [0.2, 0.25) is 0 Å². The van der Waals surface area contributed by atoms with E-state index in [1.54, 1.807) is 7.11 Å². The van der Waals surface area contributed by atoms with Crippen molar-refractivity contribution in [3.05, 3.63) is 35.4 Å². The maximum absolute atomic E-state index is 5.24. The van der Waals surface area contributed by atoms with Gasteiger partial charge in [-0.2, -0.15) is 0 Å². The monoisotopic (exact) mass is 262 g/mol. The number of ether oxygens (including phenoxy) is 1. The fourth-order valence-electron chi connectivity index (χ4n) is 2.88. The molecular weight excluding hydrogens is 236 g/mol. The SMILES string of the molecule is COCc1ccccc1CNCC1CCCN(C)C1. The molecule has 1 atom stereocenters. The minimum atomic E-state index is 0.698. The van der Waals surface area contributed by atoms with E-state index in [4.69, 9.17) is 4.74 Å². The molecule has 0 spiro atoms. The van der Waals surface area contributed by atoms with E-state index < -0.39 is 0 Å². The van der Waals surface area contributed by atoms with Gasteiger partial charge in [-0.1, -0.05) is 24.3 Å². The molecule has 1 unspecified atom stereocenters. The molecule has 0 aromatic heterocycles. The first-order valence-electron chi connectivity index (χ1n) is 7.24. The highest BCUT2D eigenvalue weighted by atomic mass is 16.5. The Bertz CT molecular complexity index is 381. The van der Waals surface area contributed by atoms with Crippen LogP contribution in [0.25, 0.3) is 0 Å². The van der Waals surface area contributed by atoms with Gasteiger partial charge in [0.05, 0.1) is 6.61 Å². The summed E-state index contributed by atoms with van der Waals surface area (Å²) in [5, 5.41) is 3.61. The third-order valence-electron chi connectivity index (χ3n) is 3.89. The molecule has 0 saturated carbocycles. The smallest absolute Gasteiger partial charge is 0.0716 e. The van der Waals surface area contributed by atoms with Crippen molar-refractivity contribution in [3.63, 3.8) is 0 Å². The Morgan fingerprint density at radius 3 is 2.84 bits per heavy atom. The second kappa shape index (κ2) is 7.63. The number of likely N-dealkylation sites (tertiary alicyclic amines) is 1. The van der Waals surface area contributed by atoms with Crippen LogP contribution >= 0.6 is 0 Å². The van der Waals surface area contributed by atoms with Gasteiger partial charge in [-0.25, -0.2) is 0 Å². The van der Waals surface area contributed by atoms with E-state index in [2.05, 4.69) is 41.5 Å². The largest absolute Gasteiger partial charge is 0.380 e. The van der Waals surface area contributed by atoms with Crippen molar-refractivity contribution in [2.45, 2.75) is 26.0 Å². The summed E-state index contributed by atoms with van der Waals surface area (Å²) in [6.07, 6.45) is 2.69. The number of rotatable bonds is 6. The number of benzene rings is 1. The molecule has 3 heteroatoms. The molecule has 1 aromatic rings. The van der Waals surface area contributed by atoms with Crippen molar-refractivity contribution in [1.82, 2.24) is 10.2 Å². The van der Waals surface area contributed by atoms with E-state index in [-0.39, 0.29) is 0 Å². The first kappa shape index (κ1) is 14.5. The lowest BCUT2D eigenvalue weighted by molar-refractivity contribution is 0.183. The lowest BCUT2D eigenvalue weighted by Gasteiger charge is -2.29. The maximum atomic E-state index is 5.24. The molecule has 2 rings (SSSR count). The summed E-state index contributed by atoms with van der Waals surface area (Å²) in [6.45, 7) is 5.25. The molecule has 1 aromatic carbocycles. The molecule has 0 radical (unpaired) electrons. The number of nitrogens with one attached hydrogen (secondary N) is 1. The van der Waals surface area contributed by atoms with Crippen LogP contribution in [0.3, 0.4) is 0 Å².